The second-order valence-electron chi connectivity index (χ2n) is 2.33. The monoisotopic (exact) mass is 184 g/mol. The Morgan fingerprint density at radius 1 is 1.85 bits per heavy atom. The molecule has 0 aliphatic heterocycles. The van der Waals surface area contributed by atoms with Gasteiger partial charge in [0.1, 0.15) is 0 Å². The summed E-state index contributed by atoms with van der Waals surface area (Å²) in [5.41, 5.74) is 0.608. The summed E-state index contributed by atoms with van der Waals surface area (Å²) in [4.78, 5) is 16.2. The molecule has 0 spiro atoms. The minimum Gasteiger partial charge on any atom is -0.303 e. The summed E-state index contributed by atoms with van der Waals surface area (Å²) in [6, 6.07) is -0.330. The first-order valence-electron chi connectivity index (χ1n) is 3.90. The first kappa shape index (κ1) is 9.53. The van der Waals surface area contributed by atoms with Crippen LogP contribution in [0, 0.1) is 0 Å². The molecule has 1 rings (SSSR count). The van der Waals surface area contributed by atoms with Gasteiger partial charge in [0.25, 0.3) is 0 Å². The van der Waals surface area contributed by atoms with E-state index in [2.05, 4.69) is 15.5 Å². The van der Waals surface area contributed by atoms with Crippen molar-refractivity contribution in [2.45, 2.75) is 6.92 Å². The molecule has 2 N–H and O–H groups in total. The van der Waals surface area contributed by atoms with Crippen LogP contribution in [0.4, 0.5) is 10.5 Å². The summed E-state index contributed by atoms with van der Waals surface area (Å²) in [6.45, 7) is 2.26. The van der Waals surface area contributed by atoms with Gasteiger partial charge in [-0.2, -0.15) is 5.10 Å². The summed E-state index contributed by atoms with van der Waals surface area (Å²) in [6.07, 6.45) is 3.09. The third-order valence-corrected chi connectivity index (χ3v) is 1.36. The average Bonchev–Trinajstić information content (AvgIpc) is 2.57. The predicted octanol–water partition coefficient (Wildman–Crippen LogP) is 0.825. The zero-order valence-electron chi connectivity index (χ0n) is 7.57. The SMILES string of the molecule is CCON(C)C(=O)Nc1cn[nH]c1. The number of hydrogen-bond acceptors (Lipinski definition) is 3. The van der Waals surface area contributed by atoms with Gasteiger partial charge in [0, 0.05) is 13.2 Å². The first-order valence-corrected chi connectivity index (χ1v) is 3.90. The summed E-state index contributed by atoms with van der Waals surface area (Å²) in [5, 5.41) is 9.97. The largest absolute Gasteiger partial charge is 0.345 e. The van der Waals surface area contributed by atoms with Crippen molar-refractivity contribution >= 4 is 11.7 Å². The van der Waals surface area contributed by atoms with Gasteiger partial charge >= 0.3 is 6.03 Å². The van der Waals surface area contributed by atoms with Crippen LogP contribution in [-0.2, 0) is 4.84 Å². The molecule has 0 atom stereocenters. The van der Waals surface area contributed by atoms with E-state index in [4.69, 9.17) is 4.84 Å². The van der Waals surface area contributed by atoms with Gasteiger partial charge in [-0.1, -0.05) is 0 Å². The number of amides is 2. The number of carbonyl (C=O) groups is 1. The van der Waals surface area contributed by atoms with E-state index in [0.29, 0.717) is 12.3 Å². The zero-order valence-corrected chi connectivity index (χ0v) is 7.57. The van der Waals surface area contributed by atoms with E-state index in [0.717, 1.165) is 5.06 Å². The number of rotatable bonds is 3. The van der Waals surface area contributed by atoms with Crippen LogP contribution in [0.1, 0.15) is 6.92 Å². The minimum atomic E-state index is -0.330. The van der Waals surface area contributed by atoms with Crippen LogP contribution in [0.25, 0.3) is 0 Å². The topological polar surface area (TPSA) is 70.2 Å². The third kappa shape index (κ3) is 2.75. The molecule has 1 aromatic rings. The number of urea groups is 1. The van der Waals surface area contributed by atoms with Gasteiger partial charge in [0.05, 0.1) is 18.5 Å². The number of aromatic nitrogens is 2. The molecule has 0 aliphatic rings. The van der Waals surface area contributed by atoms with Gasteiger partial charge in [0.15, 0.2) is 0 Å². The van der Waals surface area contributed by atoms with E-state index in [1.165, 1.54) is 6.20 Å². The van der Waals surface area contributed by atoms with Crippen LogP contribution in [0.2, 0.25) is 0 Å². The van der Waals surface area contributed by atoms with E-state index in [1.54, 1.807) is 13.2 Å². The Morgan fingerprint density at radius 2 is 2.62 bits per heavy atom. The Kier molecular flexibility index (Phi) is 3.27. The summed E-state index contributed by atoms with van der Waals surface area (Å²) < 4.78 is 0. The van der Waals surface area contributed by atoms with Crippen LogP contribution >= 0.6 is 0 Å². The molecule has 0 saturated heterocycles. The Labute approximate surface area is 75.8 Å². The van der Waals surface area contributed by atoms with Gasteiger partial charge < -0.3 is 5.32 Å². The lowest BCUT2D eigenvalue weighted by Crippen LogP contribution is -2.31. The predicted molar refractivity (Wildman–Crippen MR) is 47.0 cm³/mol. The number of anilines is 1. The molecule has 1 aromatic heterocycles. The normalized spacial score (nSPS) is 9.69. The number of hydroxylamine groups is 2. The lowest BCUT2D eigenvalue weighted by atomic mass is 10.6. The zero-order chi connectivity index (χ0) is 9.68. The first-order chi connectivity index (χ1) is 6.24. The maximum absolute atomic E-state index is 11.2. The van der Waals surface area contributed by atoms with Crippen LogP contribution in [0.3, 0.4) is 0 Å². The van der Waals surface area contributed by atoms with Crippen molar-refractivity contribution in [3.63, 3.8) is 0 Å². The van der Waals surface area contributed by atoms with E-state index >= 15 is 0 Å². The van der Waals surface area contributed by atoms with E-state index in [1.807, 2.05) is 6.92 Å². The smallest absolute Gasteiger partial charge is 0.303 e. The van der Waals surface area contributed by atoms with E-state index < -0.39 is 0 Å². The van der Waals surface area contributed by atoms with Crippen molar-refractivity contribution in [1.29, 1.82) is 0 Å². The molecule has 1 heterocycles. The number of hydrogen-bond donors (Lipinski definition) is 2. The van der Waals surface area contributed by atoms with Crippen LogP contribution in [0.15, 0.2) is 12.4 Å². The minimum absolute atomic E-state index is 0.330. The molecule has 0 aliphatic carbocycles. The summed E-state index contributed by atoms with van der Waals surface area (Å²) in [5.74, 6) is 0. The molecule has 0 bridgehead atoms. The molecule has 6 heteroatoms. The Morgan fingerprint density at radius 3 is 3.15 bits per heavy atom. The van der Waals surface area contributed by atoms with Gasteiger partial charge in [-0.3, -0.25) is 9.94 Å². The van der Waals surface area contributed by atoms with Crippen molar-refractivity contribution in [2.75, 3.05) is 19.0 Å². The standard InChI is InChI=1S/C7H12N4O2/c1-3-13-11(2)7(12)10-6-4-8-9-5-6/h4-5H,3H2,1-2H3,(H,8,9)(H,10,12). The lowest BCUT2D eigenvalue weighted by molar-refractivity contribution is -0.0879. The summed E-state index contributed by atoms with van der Waals surface area (Å²) >= 11 is 0. The molecule has 2 amide bonds. The van der Waals surface area contributed by atoms with Crippen molar-refractivity contribution in [2.24, 2.45) is 0 Å². The van der Waals surface area contributed by atoms with Gasteiger partial charge in [-0.05, 0) is 6.92 Å². The third-order valence-electron chi connectivity index (χ3n) is 1.36. The Hall–Kier alpha value is -1.56. The van der Waals surface area contributed by atoms with Crippen molar-refractivity contribution in [3.05, 3.63) is 12.4 Å². The maximum atomic E-state index is 11.2. The molecular formula is C7H12N4O2. The molecule has 0 radical (unpaired) electrons. The number of H-pyrrole nitrogens is 1. The number of aromatic amines is 1. The van der Waals surface area contributed by atoms with Crippen molar-refractivity contribution in [1.82, 2.24) is 15.3 Å². The molecule has 0 aromatic carbocycles. The van der Waals surface area contributed by atoms with Gasteiger partial charge in [0.2, 0.25) is 0 Å². The highest BCUT2D eigenvalue weighted by atomic mass is 16.7. The van der Waals surface area contributed by atoms with Crippen LogP contribution < -0.4 is 5.32 Å². The number of nitrogens with one attached hydrogen (secondary N) is 2. The fourth-order valence-electron chi connectivity index (χ4n) is 0.774. The highest BCUT2D eigenvalue weighted by Crippen LogP contribution is 2.02. The maximum Gasteiger partial charge on any atom is 0.345 e. The highest BCUT2D eigenvalue weighted by molar-refractivity contribution is 5.87. The van der Waals surface area contributed by atoms with E-state index in [9.17, 15) is 4.79 Å². The number of nitrogens with zero attached hydrogens (tertiary/aromatic N) is 2. The van der Waals surface area contributed by atoms with Gasteiger partial charge in [-0.15, -0.1) is 0 Å². The fraction of sp³-hybridized carbons (Fsp3) is 0.429. The molecule has 6 nitrogen and oxygen atoms in total. The molecule has 13 heavy (non-hydrogen) atoms. The Bertz CT molecular complexity index is 259. The van der Waals surface area contributed by atoms with Crippen LogP contribution in [0.5, 0.6) is 0 Å². The lowest BCUT2D eigenvalue weighted by Gasteiger charge is -2.15. The molecular weight excluding hydrogens is 172 g/mol. The Balaban J connectivity index is 2.41. The molecule has 72 valence electrons. The quantitative estimate of drug-likeness (QED) is 0.683. The van der Waals surface area contributed by atoms with Crippen molar-refractivity contribution < 1.29 is 9.63 Å². The van der Waals surface area contributed by atoms with Gasteiger partial charge in [-0.25, -0.2) is 9.86 Å². The average molecular weight is 184 g/mol. The van der Waals surface area contributed by atoms with Crippen LogP contribution in [-0.4, -0.2) is 34.9 Å². The second-order valence-corrected chi connectivity index (χ2v) is 2.33. The second kappa shape index (κ2) is 4.46. The highest BCUT2D eigenvalue weighted by Gasteiger charge is 2.08. The molecule has 0 fully saturated rings. The van der Waals surface area contributed by atoms with Crippen molar-refractivity contribution in [3.8, 4) is 0 Å². The molecule has 0 saturated carbocycles. The molecule has 0 unspecified atom stereocenters. The van der Waals surface area contributed by atoms with E-state index in [-0.39, 0.29) is 6.03 Å². The fourth-order valence-corrected chi connectivity index (χ4v) is 0.774. The summed E-state index contributed by atoms with van der Waals surface area (Å²) in [7, 11) is 1.54. The number of carbonyl (C=O) groups excluding carboxylic acids is 1.